The van der Waals surface area contributed by atoms with E-state index < -0.39 is 0 Å². The third-order valence-electron chi connectivity index (χ3n) is 10.8. The largest absolute Gasteiger partial charge is 0.508 e. The molecule has 59 heavy (non-hydrogen) atoms. The summed E-state index contributed by atoms with van der Waals surface area (Å²) in [6.07, 6.45) is 3.02. The molecule has 8 rings (SSSR count). The van der Waals surface area contributed by atoms with Gasteiger partial charge in [0, 0.05) is 57.5 Å². The molecule has 2 amide bonds. The monoisotopic (exact) mass is 796 g/mol. The number of piperidine rings is 1. The standard InChI is InChI=1S/C43H44N10O6/c1-5-59-37-21-29(14-15-32(37)46-42-45-24-34-39(47-42)50(3)33-9-7-6-8-30(33)41(57)51(34)4)52-18-16-27(17-19-52)40(56)44-23-26-10-12-28(13-11-26)53-38(48-49-43(53)58)31-20-25(2)35(54)22-36(31)55/h6-15,20-22,24,27,54-55H,5,16-19,23H2,1-4H3,(H,44,56)(H,49,58)(H,45,46,47). The predicted molar refractivity (Wildman–Crippen MR) is 223 cm³/mol. The van der Waals surface area contributed by atoms with Gasteiger partial charge in [0.1, 0.15) is 22.9 Å². The number of nitrogens with zero attached hydrogens (tertiary/aromatic N) is 8. The number of fused-ring (bicyclic) bond motifs is 2. The zero-order chi connectivity index (χ0) is 41.4. The zero-order valence-electron chi connectivity index (χ0n) is 33.0. The number of anilines is 6. The SMILES string of the molecule is CCOc1cc(N2CCC(C(=O)NCc3ccc(-n4c(O)nnc4-c4cc(C)c(O)cc4O)cc3)CC2)ccc1Nc1ncc2c(n1)N(C)c1ccccc1C(=O)N2C. The molecule has 0 unspecified atom stereocenters. The number of aromatic nitrogens is 5. The predicted octanol–water partition coefficient (Wildman–Crippen LogP) is 6.18. The highest BCUT2D eigenvalue weighted by Crippen LogP contribution is 2.40. The summed E-state index contributed by atoms with van der Waals surface area (Å²) in [5.74, 6) is 1.27. The van der Waals surface area contributed by atoms with E-state index in [1.165, 1.54) is 10.6 Å². The Morgan fingerprint density at radius 3 is 2.37 bits per heavy atom. The molecule has 16 heteroatoms. The molecule has 0 aliphatic carbocycles. The first-order valence-corrected chi connectivity index (χ1v) is 19.3. The summed E-state index contributed by atoms with van der Waals surface area (Å²) in [5, 5.41) is 45.2. The fraction of sp³-hybridized carbons (Fsp3) is 0.256. The summed E-state index contributed by atoms with van der Waals surface area (Å²) < 4.78 is 7.47. The first kappa shape index (κ1) is 38.5. The summed E-state index contributed by atoms with van der Waals surface area (Å²) in [6, 6.07) is 23.1. The number of hydrogen-bond acceptors (Lipinski definition) is 13. The van der Waals surface area contributed by atoms with E-state index in [-0.39, 0.29) is 41.1 Å². The summed E-state index contributed by atoms with van der Waals surface area (Å²) in [7, 11) is 3.60. The first-order chi connectivity index (χ1) is 28.5. The number of amides is 2. The maximum absolute atomic E-state index is 13.3. The van der Waals surface area contributed by atoms with Crippen molar-refractivity contribution in [1.82, 2.24) is 30.0 Å². The molecule has 1 saturated heterocycles. The molecule has 0 bridgehead atoms. The first-order valence-electron chi connectivity index (χ1n) is 19.3. The number of hydrogen-bond donors (Lipinski definition) is 5. The van der Waals surface area contributed by atoms with Crippen molar-refractivity contribution < 1.29 is 29.6 Å². The molecule has 302 valence electrons. The van der Waals surface area contributed by atoms with Gasteiger partial charge in [-0.3, -0.25) is 9.59 Å². The van der Waals surface area contributed by atoms with Crippen molar-refractivity contribution in [2.75, 3.05) is 53.8 Å². The average molecular weight is 797 g/mol. The maximum atomic E-state index is 13.3. The van der Waals surface area contributed by atoms with Crippen LogP contribution in [-0.4, -0.2) is 85.7 Å². The number of carbonyl (C=O) groups is 2. The lowest BCUT2D eigenvalue weighted by molar-refractivity contribution is -0.125. The van der Waals surface area contributed by atoms with Crippen LogP contribution >= 0.6 is 0 Å². The van der Waals surface area contributed by atoms with Crippen molar-refractivity contribution >= 4 is 46.3 Å². The average Bonchev–Trinajstić information content (AvgIpc) is 3.61. The van der Waals surface area contributed by atoms with Crippen molar-refractivity contribution in [1.29, 1.82) is 0 Å². The van der Waals surface area contributed by atoms with Gasteiger partial charge in [-0.15, -0.1) is 5.10 Å². The van der Waals surface area contributed by atoms with Crippen molar-refractivity contribution in [3.8, 4) is 40.3 Å². The molecule has 5 N–H and O–H groups in total. The van der Waals surface area contributed by atoms with E-state index in [1.54, 1.807) is 49.3 Å². The van der Waals surface area contributed by atoms with Crippen LogP contribution in [-0.2, 0) is 11.3 Å². The molecule has 1 fully saturated rings. The minimum Gasteiger partial charge on any atom is -0.508 e. The number of phenols is 2. The van der Waals surface area contributed by atoms with E-state index in [0.717, 1.165) is 16.9 Å². The summed E-state index contributed by atoms with van der Waals surface area (Å²) in [4.78, 5) is 41.6. The molecule has 2 aliphatic rings. The van der Waals surface area contributed by atoms with Crippen LogP contribution < -0.4 is 30.1 Å². The van der Waals surface area contributed by atoms with Gasteiger partial charge in [0.15, 0.2) is 11.6 Å². The van der Waals surface area contributed by atoms with Gasteiger partial charge >= 0.3 is 6.01 Å². The second-order valence-electron chi connectivity index (χ2n) is 14.5. The Kier molecular flexibility index (Phi) is 10.4. The van der Waals surface area contributed by atoms with E-state index in [2.05, 4.69) is 30.7 Å². The van der Waals surface area contributed by atoms with E-state index >= 15 is 0 Å². The maximum Gasteiger partial charge on any atom is 0.319 e. The van der Waals surface area contributed by atoms with Crippen molar-refractivity contribution in [2.24, 2.45) is 5.92 Å². The van der Waals surface area contributed by atoms with Crippen LogP contribution in [0.5, 0.6) is 23.3 Å². The number of para-hydroxylation sites is 1. The molecule has 4 aromatic carbocycles. The molecule has 0 radical (unpaired) electrons. The number of nitrogens with one attached hydrogen (secondary N) is 2. The lowest BCUT2D eigenvalue weighted by Gasteiger charge is -2.33. The second-order valence-corrected chi connectivity index (χ2v) is 14.5. The van der Waals surface area contributed by atoms with Crippen molar-refractivity contribution in [2.45, 2.75) is 33.2 Å². The van der Waals surface area contributed by atoms with Crippen LogP contribution in [0, 0.1) is 12.8 Å². The molecule has 2 aliphatic heterocycles. The molecule has 16 nitrogen and oxygen atoms in total. The fourth-order valence-electron chi connectivity index (χ4n) is 7.52. The fourth-order valence-corrected chi connectivity index (χ4v) is 7.52. The Labute approximate surface area is 340 Å². The summed E-state index contributed by atoms with van der Waals surface area (Å²) in [5.41, 5.74) is 5.88. The number of aryl methyl sites for hydroxylation is 1. The lowest BCUT2D eigenvalue weighted by Crippen LogP contribution is -2.40. The summed E-state index contributed by atoms with van der Waals surface area (Å²) in [6.45, 7) is 5.80. The number of benzene rings is 4. The van der Waals surface area contributed by atoms with Gasteiger partial charge in [0.05, 0.1) is 41.0 Å². The van der Waals surface area contributed by atoms with E-state index in [1.807, 2.05) is 67.4 Å². The van der Waals surface area contributed by atoms with Crippen LogP contribution in [0.2, 0.25) is 0 Å². The van der Waals surface area contributed by atoms with Gasteiger partial charge in [-0.25, -0.2) is 9.55 Å². The number of rotatable bonds is 10. The molecular formula is C43H44N10O6. The van der Waals surface area contributed by atoms with Crippen LogP contribution in [0.1, 0.15) is 41.3 Å². The topological polar surface area (TPSA) is 194 Å². The smallest absolute Gasteiger partial charge is 0.319 e. The van der Waals surface area contributed by atoms with Gasteiger partial charge in [-0.05, 0) is 80.3 Å². The van der Waals surface area contributed by atoms with E-state index in [0.29, 0.717) is 90.4 Å². The second kappa shape index (κ2) is 15.9. The molecule has 2 aromatic heterocycles. The highest BCUT2D eigenvalue weighted by molar-refractivity contribution is 6.13. The minimum absolute atomic E-state index is 0.00867. The third-order valence-corrected chi connectivity index (χ3v) is 10.8. The molecule has 4 heterocycles. The van der Waals surface area contributed by atoms with Crippen LogP contribution in [0.15, 0.2) is 85.1 Å². The quantitative estimate of drug-likeness (QED) is 0.106. The lowest BCUT2D eigenvalue weighted by atomic mass is 9.95. The van der Waals surface area contributed by atoms with Crippen molar-refractivity contribution in [3.05, 3.63) is 102 Å². The van der Waals surface area contributed by atoms with Gasteiger partial charge in [0.2, 0.25) is 11.9 Å². The van der Waals surface area contributed by atoms with Crippen LogP contribution in [0.3, 0.4) is 0 Å². The molecule has 6 aromatic rings. The third kappa shape index (κ3) is 7.47. The Bertz CT molecular complexity index is 2550. The molecule has 0 saturated carbocycles. The summed E-state index contributed by atoms with van der Waals surface area (Å²) >= 11 is 0. The number of aromatic hydroxyl groups is 3. The number of carbonyl (C=O) groups excluding carboxylic acids is 2. The van der Waals surface area contributed by atoms with Gasteiger partial charge < -0.3 is 45.4 Å². The van der Waals surface area contributed by atoms with Gasteiger partial charge in [-0.2, -0.15) is 4.98 Å². The minimum atomic E-state index is -0.358. The molecular weight excluding hydrogens is 753 g/mol. The van der Waals surface area contributed by atoms with Crippen LogP contribution in [0.4, 0.5) is 34.5 Å². The Morgan fingerprint density at radius 2 is 1.61 bits per heavy atom. The van der Waals surface area contributed by atoms with Crippen molar-refractivity contribution in [3.63, 3.8) is 0 Å². The van der Waals surface area contributed by atoms with E-state index in [9.17, 15) is 24.9 Å². The normalized spacial score (nSPS) is 14.1. The van der Waals surface area contributed by atoms with E-state index in [4.69, 9.17) is 9.72 Å². The molecule has 0 spiro atoms. The number of phenolic OH excluding ortho intramolecular Hbond substituents is 2. The van der Waals surface area contributed by atoms with Gasteiger partial charge in [-0.1, -0.05) is 29.4 Å². The highest BCUT2D eigenvalue weighted by Gasteiger charge is 2.30. The zero-order valence-corrected chi connectivity index (χ0v) is 33.0. The Hall–Kier alpha value is -7.36. The van der Waals surface area contributed by atoms with Crippen LogP contribution in [0.25, 0.3) is 17.1 Å². The number of ether oxygens (including phenoxy) is 1. The Morgan fingerprint density at radius 1 is 0.864 bits per heavy atom. The van der Waals surface area contributed by atoms with Gasteiger partial charge in [0.25, 0.3) is 5.91 Å². The highest BCUT2D eigenvalue weighted by atomic mass is 16.5. The molecule has 0 atom stereocenters. The Balaban J connectivity index is 0.888.